The quantitative estimate of drug-likeness (QED) is 0.705. The lowest BCUT2D eigenvalue weighted by molar-refractivity contribution is 0.317. The standard InChI is InChI=1S/C23H22N2O/c1-3-9-18(10-4-1)15-20-17-26-23(25-20)21-13-7-8-14-22(21)24-16-19-11-5-2-6-12-19/h1-14,20,24H,15-17H2. The molecule has 3 heteroatoms. The maximum absolute atomic E-state index is 5.93. The summed E-state index contributed by atoms with van der Waals surface area (Å²) in [5, 5.41) is 3.51. The molecule has 1 unspecified atom stereocenters. The van der Waals surface area contributed by atoms with Gasteiger partial charge in [-0.05, 0) is 29.7 Å². The lowest BCUT2D eigenvalue weighted by atomic mass is 10.1. The lowest BCUT2D eigenvalue weighted by Gasteiger charge is -2.11. The van der Waals surface area contributed by atoms with Gasteiger partial charge >= 0.3 is 0 Å². The SMILES string of the molecule is c1ccc(CNc2ccccc2C2=NC(Cc3ccccc3)CO2)cc1. The van der Waals surface area contributed by atoms with E-state index in [9.17, 15) is 0 Å². The van der Waals surface area contributed by atoms with E-state index in [1.54, 1.807) is 0 Å². The Morgan fingerprint density at radius 1 is 0.808 bits per heavy atom. The maximum atomic E-state index is 5.93. The first-order chi connectivity index (χ1) is 12.9. The molecule has 3 nitrogen and oxygen atoms in total. The van der Waals surface area contributed by atoms with Crippen molar-refractivity contribution in [2.45, 2.75) is 19.0 Å². The van der Waals surface area contributed by atoms with Crippen molar-refractivity contribution < 1.29 is 4.74 Å². The number of anilines is 1. The van der Waals surface area contributed by atoms with Crippen molar-refractivity contribution in [3.05, 3.63) is 102 Å². The van der Waals surface area contributed by atoms with E-state index in [-0.39, 0.29) is 6.04 Å². The summed E-state index contributed by atoms with van der Waals surface area (Å²) < 4.78 is 5.93. The van der Waals surface area contributed by atoms with Crippen LogP contribution in [-0.2, 0) is 17.7 Å². The molecular formula is C23H22N2O. The monoisotopic (exact) mass is 342 g/mol. The molecule has 1 aliphatic rings. The Morgan fingerprint density at radius 2 is 1.46 bits per heavy atom. The Labute approximate surface area is 154 Å². The third kappa shape index (κ3) is 3.94. The van der Waals surface area contributed by atoms with Crippen molar-refractivity contribution >= 4 is 11.6 Å². The lowest BCUT2D eigenvalue weighted by Crippen LogP contribution is -2.10. The number of nitrogens with one attached hydrogen (secondary N) is 1. The van der Waals surface area contributed by atoms with Crippen LogP contribution in [0.5, 0.6) is 0 Å². The Hall–Kier alpha value is -3.07. The molecule has 0 saturated carbocycles. The number of benzene rings is 3. The smallest absolute Gasteiger partial charge is 0.218 e. The fourth-order valence-electron chi connectivity index (χ4n) is 3.17. The molecule has 1 aliphatic heterocycles. The highest BCUT2D eigenvalue weighted by Gasteiger charge is 2.22. The minimum Gasteiger partial charge on any atom is -0.475 e. The Morgan fingerprint density at radius 3 is 2.23 bits per heavy atom. The second kappa shape index (κ2) is 7.87. The van der Waals surface area contributed by atoms with Crippen LogP contribution in [0, 0.1) is 0 Å². The van der Waals surface area contributed by atoms with E-state index in [0.29, 0.717) is 6.61 Å². The summed E-state index contributed by atoms with van der Waals surface area (Å²) in [7, 11) is 0. The highest BCUT2D eigenvalue weighted by molar-refractivity contribution is 6.00. The summed E-state index contributed by atoms with van der Waals surface area (Å²) in [4.78, 5) is 4.82. The van der Waals surface area contributed by atoms with Crippen LogP contribution in [0.25, 0.3) is 0 Å². The summed E-state index contributed by atoms with van der Waals surface area (Å²) in [5.74, 6) is 0.738. The van der Waals surface area contributed by atoms with E-state index in [0.717, 1.165) is 30.1 Å². The molecule has 1 atom stereocenters. The Bertz CT molecular complexity index is 875. The van der Waals surface area contributed by atoms with Crippen LogP contribution < -0.4 is 5.32 Å². The van der Waals surface area contributed by atoms with E-state index in [2.05, 4.69) is 66.0 Å². The number of hydrogen-bond donors (Lipinski definition) is 1. The van der Waals surface area contributed by atoms with E-state index in [1.165, 1.54) is 11.1 Å². The van der Waals surface area contributed by atoms with Gasteiger partial charge in [0.15, 0.2) is 0 Å². The van der Waals surface area contributed by atoms with Crippen LogP contribution in [0.15, 0.2) is 89.9 Å². The molecule has 130 valence electrons. The highest BCUT2D eigenvalue weighted by Crippen LogP contribution is 2.22. The van der Waals surface area contributed by atoms with Crippen molar-refractivity contribution in [2.75, 3.05) is 11.9 Å². The molecule has 26 heavy (non-hydrogen) atoms. The zero-order valence-corrected chi connectivity index (χ0v) is 14.6. The van der Waals surface area contributed by atoms with Gasteiger partial charge in [-0.15, -0.1) is 0 Å². The van der Waals surface area contributed by atoms with E-state index in [1.807, 2.05) is 24.3 Å². The zero-order valence-electron chi connectivity index (χ0n) is 14.6. The first-order valence-corrected chi connectivity index (χ1v) is 9.00. The Kier molecular flexibility index (Phi) is 4.97. The van der Waals surface area contributed by atoms with Crippen molar-refractivity contribution in [3.63, 3.8) is 0 Å². The molecular weight excluding hydrogens is 320 g/mol. The van der Waals surface area contributed by atoms with E-state index in [4.69, 9.17) is 9.73 Å². The average molecular weight is 342 g/mol. The zero-order chi connectivity index (χ0) is 17.6. The van der Waals surface area contributed by atoms with Gasteiger partial charge in [-0.1, -0.05) is 72.8 Å². The number of rotatable bonds is 6. The summed E-state index contributed by atoms with van der Waals surface area (Å²) in [5.41, 5.74) is 4.62. The highest BCUT2D eigenvalue weighted by atomic mass is 16.5. The molecule has 3 aromatic carbocycles. The molecule has 0 radical (unpaired) electrons. The molecule has 1 heterocycles. The normalized spacial score (nSPS) is 16.0. The molecule has 0 aromatic heterocycles. The van der Waals surface area contributed by atoms with Gasteiger partial charge in [0, 0.05) is 12.2 Å². The van der Waals surface area contributed by atoms with Gasteiger partial charge in [0.2, 0.25) is 5.90 Å². The topological polar surface area (TPSA) is 33.6 Å². The number of hydrogen-bond acceptors (Lipinski definition) is 3. The van der Waals surface area contributed by atoms with E-state index >= 15 is 0 Å². The average Bonchev–Trinajstić information content (AvgIpc) is 3.16. The minimum atomic E-state index is 0.176. The molecule has 0 fully saturated rings. The van der Waals surface area contributed by atoms with Gasteiger partial charge in [0.25, 0.3) is 0 Å². The van der Waals surface area contributed by atoms with Gasteiger partial charge in [-0.2, -0.15) is 0 Å². The molecule has 0 saturated heterocycles. The van der Waals surface area contributed by atoms with Gasteiger partial charge in [0.05, 0.1) is 11.6 Å². The van der Waals surface area contributed by atoms with Crippen LogP contribution >= 0.6 is 0 Å². The fourth-order valence-corrected chi connectivity index (χ4v) is 3.17. The van der Waals surface area contributed by atoms with Crippen LogP contribution in [0.1, 0.15) is 16.7 Å². The van der Waals surface area contributed by atoms with Crippen LogP contribution in [0.4, 0.5) is 5.69 Å². The van der Waals surface area contributed by atoms with Gasteiger partial charge in [-0.3, -0.25) is 0 Å². The summed E-state index contributed by atoms with van der Waals surface area (Å²) in [6, 6.07) is 29.2. The molecule has 0 amide bonds. The predicted molar refractivity (Wildman–Crippen MR) is 107 cm³/mol. The van der Waals surface area contributed by atoms with Gasteiger partial charge in [0.1, 0.15) is 6.61 Å². The van der Waals surface area contributed by atoms with Gasteiger partial charge in [-0.25, -0.2) is 4.99 Å². The van der Waals surface area contributed by atoms with Crippen molar-refractivity contribution in [1.29, 1.82) is 0 Å². The third-order valence-electron chi connectivity index (χ3n) is 4.51. The number of nitrogens with zero attached hydrogens (tertiary/aromatic N) is 1. The maximum Gasteiger partial charge on any atom is 0.218 e. The number of ether oxygens (including phenoxy) is 1. The van der Waals surface area contributed by atoms with Crippen LogP contribution in [-0.4, -0.2) is 18.5 Å². The summed E-state index contributed by atoms with van der Waals surface area (Å²) in [6.45, 7) is 1.41. The van der Waals surface area contributed by atoms with Crippen LogP contribution in [0.2, 0.25) is 0 Å². The first-order valence-electron chi connectivity index (χ1n) is 9.00. The number of para-hydroxylation sites is 1. The molecule has 0 aliphatic carbocycles. The Balaban J connectivity index is 1.48. The van der Waals surface area contributed by atoms with E-state index < -0.39 is 0 Å². The second-order valence-electron chi connectivity index (χ2n) is 6.47. The van der Waals surface area contributed by atoms with Crippen LogP contribution in [0.3, 0.4) is 0 Å². The van der Waals surface area contributed by atoms with Crippen molar-refractivity contribution in [2.24, 2.45) is 4.99 Å². The summed E-state index contributed by atoms with van der Waals surface area (Å²) >= 11 is 0. The minimum absolute atomic E-state index is 0.176. The molecule has 4 rings (SSSR count). The van der Waals surface area contributed by atoms with Crippen molar-refractivity contribution in [3.8, 4) is 0 Å². The molecule has 3 aromatic rings. The molecule has 0 bridgehead atoms. The summed E-state index contributed by atoms with van der Waals surface area (Å²) in [6.07, 6.45) is 0.907. The van der Waals surface area contributed by atoms with Gasteiger partial charge < -0.3 is 10.1 Å². The fraction of sp³-hybridized carbons (Fsp3) is 0.174. The molecule has 1 N–H and O–H groups in total. The second-order valence-corrected chi connectivity index (χ2v) is 6.47. The predicted octanol–water partition coefficient (Wildman–Crippen LogP) is 4.69. The largest absolute Gasteiger partial charge is 0.475 e. The first kappa shape index (κ1) is 16.4. The van der Waals surface area contributed by atoms with Crippen molar-refractivity contribution in [1.82, 2.24) is 0 Å². The molecule has 0 spiro atoms. The third-order valence-corrected chi connectivity index (χ3v) is 4.51. The number of aliphatic imine (C=N–C) groups is 1.